The highest BCUT2D eigenvalue weighted by Gasteiger charge is 2.68. The lowest BCUT2D eigenvalue weighted by Crippen LogP contribution is -2.63. The minimum Gasteiger partial charge on any atom is -0.461 e. The van der Waals surface area contributed by atoms with Gasteiger partial charge in [0.25, 0.3) is 0 Å². The summed E-state index contributed by atoms with van der Waals surface area (Å²) in [6.45, 7) is 15.1. The molecule has 1 aliphatic heterocycles. The highest BCUT2D eigenvalue weighted by molar-refractivity contribution is 8.00. The van der Waals surface area contributed by atoms with Gasteiger partial charge in [-0.1, -0.05) is 51.1 Å². The number of anilines is 1. The zero-order valence-corrected chi connectivity index (χ0v) is 31.4. The predicted octanol–water partition coefficient (Wildman–Crippen LogP) is 5.12. The number of para-hydroxylation sites is 1. The van der Waals surface area contributed by atoms with Crippen molar-refractivity contribution >= 4 is 35.1 Å². The normalized spacial score (nSPS) is 35.4. The fourth-order valence-corrected chi connectivity index (χ4v) is 10.8. The zero-order valence-electron chi connectivity index (χ0n) is 30.6. The summed E-state index contributed by atoms with van der Waals surface area (Å²) < 4.78 is 7.94. The summed E-state index contributed by atoms with van der Waals surface area (Å²) in [6.07, 6.45) is 7.80. The van der Waals surface area contributed by atoms with E-state index in [2.05, 4.69) is 47.9 Å². The fraction of sp³-hybridized carbons (Fsp3) is 0.667. The molecule has 1 amide bonds. The molecule has 2 aromatic rings. The van der Waals surface area contributed by atoms with Crippen molar-refractivity contribution in [3.63, 3.8) is 0 Å². The number of esters is 1. The van der Waals surface area contributed by atoms with E-state index in [0.717, 1.165) is 55.8 Å². The number of hydrogen-bond acceptors (Lipinski definition) is 10. The van der Waals surface area contributed by atoms with E-state index in [-0.39, 0.29) is 59.7 Å². The second-order valence-corrected chi connectivity index (χ2v) is 17.2. The number of amides is 1. The molecule has 11 nitrogen and oxygen atoms in total. The van der Waals surface area contributed by atoms with Crippen LogP contribution in [-0.4, -0.2) is 85.4 Å². The quantitative estimate of drug-likeness (QED) is 0.162. The first-order chi connectivity index (χ1) is 24.3. The van der Waals surface area contributed by atoms with Crippen LogP contribution in [0.1, 0.15) is 78.3 Å². The molecule has 2 bridgehead atoms. The number of likely N-dealkylation sites (tertiary alicyclic amines) is 1. The molecule has 1 aromatic heterocycles. The van der Waals surface area contributed by atoms with Gasteiger partial charge in [-0.25, -0.2) is 4.68 Å². The molecule has 4 fully saturated rings. The third kappa shape index (κ3) is 7.30. The molecule has 0 radical (unpaired) electrons. The Kier molecular flexibility index (Phi) is 11.2. The molecule has 6 rings (SSSR count). The number of ketones is 1. The SMILES string of the molecule is C=C[C@]1(C)C[C@@H](OC(=O)CSc2ccccc2NC(=O)Cn2cc(CN3CCCC(CO)C3)nn2)[C@]2(C)[C@H](C)CC[C@]3(CCC(=O)[C@H]32)[C@@H](C)[C@@H]1O. The van der Waals surface area contributed by atoms with E-state index in [0.29, 0.717) is 25.1 Å². The van der Waals surface area contributed by atoms with Crippen LogP contribution in [0.4, 0.5) is 5.69 Å². The van der Waals surface area contributed by atoms with E-state index in [1.807, 2.05) is 31.2 Å². The Balaban J connectivity index is 1.11. The van der Waals surface area contributed by atoms with Crippen molar-refractivity contribution in [1.82, 2.24) is 19.9 Å². The largest absolute Gasteiger partial charge is 0.461 e. The lowest BCUT2D eigenvalue weighted by molar-refractivity contribution is -0.205. The Morgan fingerprint density at radius 1 is 1.20 bits per heavy atom. The number of benzene rings is 1. The van der Waals surface area contributed by atoms with E-state index < -0.39 is 29.0 Å². The van der Waals surface area contributed by atoms with Gasteiger partial charge >= 0.3 is 5.97 Å². The molecule has 1 aromatic carbocycles. The van der Waals surface area contributed by atoms with Gasteiger partial charge in [0.2, 0.25) is 5.91 Å². The van der Waals surface area contributed by atoms with Crippen LogP contribution in [0.3, 0.4) is 0 Å². The number of rotatable bonds is 11. The Morgan fingerprint density at radius 2 is 1.98 bits per heavy atom. The highest BCUT2D eigenvalue weighted by atomic mass is 32.2. The molecule has 278 valence electrons. The third-order valence-electron chi connectivity index (χ3n) is 13.2. The number of piperidine rings is 1. The molecule has 1 unspecified atom stereocenters. The number of thioether (sulfide) groups is 1. The van der Waals surface area contributed by atoms with E-state index in [1.54, 1.807) is 12.3 Å². The number of aromatic nitrogens is 3. The van der Waals surface area contributed by atoms with Crippen LogP contribution >= 0.6 is 11.8 Å². The molecule has 12 heteroatoms. The molecule has 9 atom stereocenters. The van der Waals surface area contributed by atoms with Crippen LogP contribution in [0.2, 0.25) is 0 Å². The smallest absolute Gasteiger partial charge is 0.316 e. The van der Waals surface area contributed by atoms with Crippen LogP contribution in [0.25, 0.3) is 0 Å². The highest BCUT2D eigenvalue weighted by Crippen LogP contribution is 2.68. The molecule has 3 saturated carbocycles. The first-order valence-electron chi connectivity index (χ1n) is 18.6. The van der Waals surface area contributed by atoms with Crippen molar-refractivity contribution in [3.05, 3.63) is 48.8 Å². The Labute approximate surface area is 306 Å². The number of Topliss-reactive ketones (excluding diaryl/α,β-unsaturated/α-hetero) is 1. The van der Waals surface area contributed by atoms with E-state index >= 15 is 0 Å². The van der Waals surface area contributed by atoms with Crippen molar-refractivity contribution in [2.45, 2.75) is 103 Å². The fourth-order valence-electron chi connectivity index (χ4n) is 10.0. The first kappa shape index (κ1) is 37.7. The third-order valence-corrected chi connectivity index (χ3v) is 14.3. The van der Waals surface area contributed by atoms with Crippen molar-refractivity contribution in [2.24, 2.45) is 39.9 Å². The summed E-state index contributed by atoms with van der Waals surface area (Å²) in [5.74, 6) is -0.357. The lowest BCUT2D eigenvalue weighted by atomic mass is 9.44. The predicted molar refractivity (Wildman–Crippen MR) is 196 cm³/mol. The van der Waals surface area contributed by atoms with Gasteiger partial charge in [0, 0.05) is 47.8 Å². The molecule has 3 N–H and O–H groups in total. The molecular formula is C39H55N5O6S. The van der Waals surface area contributed by atoms with E-state index in [9.17, 15) is 24.6 Å². The van der Waals surface area contributed by atoms with Crippen molar-refractivity contribution in [3.8, 4) is 0 Å². The van der Waals surface area contributed by atoms with Crippen molar-refractivity contribution < 1.29 is 29.3 Å². The summed E-state index contributed by atoms with van der Waals surface area (Å²) in [4.78, 5) is 43.5. The summed E-state index contributed by atoms with van der Waals surface area (Å²) in [5.41, 5.74) is -0.243. The van der Waals surface area contributed by atoms with Crippen LogP contribution in [0.5, 0.6) is 0 Å². The number of aliphatic hydroxyl groups excluding tert-OH is 2. The number of carbonyl (C=O) groups excluding carboxylic acids is 3. The van der Waals surface area contributed by atoms with Gasteiger partial charge in [0.15, 0.2) is 0 Å². The molecule has 3 aliphatic carbocycles. The van der Waals surface area contributed by atoms with Crippen molar-refractivity contribution in [1.29, 1.82) is 0 Å². The lowest BCUT2D eigenvalue weighted by Gasteiger charge is -2.61. The monoisotopic (exact) mass is 721 g/mol. The average molecular weight is 722 g/mol. The minimum atomic E-state index is -0.717. The van der Waals surface area contributed by atoms with Gasteiger partial charge in [-0.15, -0.1) is 23.4 Å². The van der Waals surface area contributed by atoms with E-state index in [4.69, 9.17) is 4.74 Å². The molecule has 2 heterocycles. The maximum atomic E-state index is 13.7. The van der Waals surface area contributed by atoms with Crippen LogP contribution in [0.15, 0.2) is 48.0 Å². The minimum absolute atomic E-state index is 0.0142. The van der Waals surface area contributed by atoms with Crippen molar-refractivity contribution in [2.75, 3.05) is 30.8 Å². The van der Waals surface area contributed by atoms with Gasteiger partial charge in [0.05, 0.1) is 29.4 Å². The zero-order chi connectivity index (χ0) is 36.6. The number of aliphatic hydroxyl groups is 2. The number of nitrogens with one attached hydrogen (secondary N) is 1. The second-order valence-electron chi connectivity index (χ2n) is 16.2. The summed E-state index contributed by atoms with van der Waals surface area (Å²) in [5, 5.41) is 32.7. The van der Waals surface area contributed by atoms with Gasteiger partial charge in [-0.05, 0) is 80.4 Å². The first-order valence-corrected chi connectivity index (χ1v) is 19.6. The summed E-state index contributed by atoms with van der Waals surface area (Å²) in [7, 11) is 0. The molecule has 1 saturated heterocycles. The number of hydrogen-bond donors (Lipinski definition) is 3. The summed E-state index contributed by atoms with van der Waals surface area (Å²) >= 11 is 1.29. The number of nitrogens with zero attached hydrogens (tertiary/aromatic N) is 4. The van der Waals surface area contributed by atoms with Crippen LogP contribution in [-0.2, 0) is 32.2 Å². The van der Waals surface area contributed by atoms with Crippen LogP contribution in [0, 0.1) is 39.9 Å². The molecule has 0 spiro atoms. The maximum Gasteiger partial charge on any atom is 0.316 e. The summed E-state index contributed by atoms with van der Waals surface area (Å²) in [6, 6.07) is 7.35. The molecule has 51 heavy (non-hydrogen) atoms. The Morgan fingerprint density at radius 3 is 2.75 bits per heavy atom. The second kappa shape index (κ2) is 15.1. The number of carbonyl (C=O) groups is 3. The molecular weight excluding hydrogens is 667 g/mol. The maximum absolute atomic E-state index is 13.7. The van der Waals surface area contributed by atoms with E-state index in [1.165, 1.54) is 16.4 Å². The molecule has 4 aliphatic rings. The topological polar surface area (TPSA) is 147 Å². The standard InChI is InChI=1S/C39H55N5O6S/c1-6-37(4)18-32(38(5)25(2)13-15-39(26(3)36(37)49)16-14-30(46)35(38)39)50-34(48)24-51-31-12-8-7-11-29(31)40-33(47)22-44-21-28(41-42-44)20-43-17-9-10-27(19-43)23-45/h6-8,11-12,21,25-27,32,35-36,45,49H,1,9-10,13-20,22-24H2,2-5H3,(H,40,47)/t25-,26+,27?,32-,35+,36+,37-,38+,39+/m1/s1. The average Bonchev–Trinajstić information content (AvgIpc) is 3.71. The van der Waals surface area contributed by atoms with Crippen LogP contribution < -0.4 is 5.32 Å². The Bertz CT molecular complexity index is 1620. The number of ether oxygens (including phenoxy) is 1. The Hall–Kier alpha value is -3.06. The van der Waals surface area contributed by atoms with Gasteiger partial charge in [0.1, 0.15) is 18.4 Å². The van der Waals surface area contributed by atoms with Gasteiger partial charge in [-0.2, -0.15) is 0 Å². The van der Waals surface area contributed by atoms with Gasteiger partial charge < -0.3 is 20.3 Å². The van der Waals surface area contributed by atoms with Gasteiger partial charge in [-0.3, -0.25) is 19.3 Å².